The largest absolute Gasteiger partial charge is 0.333 e. The molecule has 2 rings (SSSR count). The number of aromatic nitrogens is 2. The lowest BCUT2D eigenvalue weighted by atomic mass is 10.2. The monoisotopic (exact) mass is 268 g/mol. The molecule has 0 amide bonds. The number of imidazole rings is 1. The highest BCUT2D eigenvalue weighted by atomic mass is 79.9. The first-order chi connectivity index (χ1) is 6.79. The van der Waals surface area contributed by atoms with Gasteiger partial charge in [-0.05, 0) is 39.9 Å². The molecule has 1 aromatic heterocycles. The van der Waals surface area contributed by atoms with Gasteiger partial charge >= 0.3 is 0 Å². The summed E-state index contributed by atoms with van der Waals surface area (Å²) in [7, 11) is 0. The SMILES string of the molecule is CSc1ccc(-c2cnc(Br)[nH]2)cc1. The molecular weight excluding hydrogens is 260 g/mol. The molecule has 72 valence electrons. The maximum Gasteiger partial charge on any atom is 0.174 e. The van der Waals surface area contributed by atoms with Gasteiger partial charge in [0.05, 0.1) is 11.9 Å². The van der Waals surface area contributed by atoms with Crippen molar-refractivity contribution in [1.82, 2.24) is 9.97 Å². The van der Waals surface area contributed by atoms with Gasteiger partial charge < -0.3 is 4.98 Å². The van der Waals surface area contributed by atoms with E-state index in [1.807, 2.05) is 6.20 Å². The summed E-state index contributed by atoms with van der Waals surface area (Å²) in [5.41, 5.74) is 2.19. The van der Waals surface area contributed by atoms with Crippen molar-refractivity contribution in [2.24, 2.45) is 0 Å². The van der Waals surface area contributed by atoms with Gasteiger partial charge in [0.2, 0.25) is 0 Å². The van der Waals surface area contributed by atoms with Gasteiger partial charge in [-0.3, -0.25) is 0 Å². The molecule has 0 unspecified atom stereocenters. The first-order valence-corrected chi connectivity index (χ1v) is 6.16. The molecule has 0 atom stereocenters. The Morgan fingerprint density at radius 2 is 2.00 bits per heavy atom. The molecule has 2 aromatic rings. The van der Waals surface area contributed by atoms with E-state index in [1.165, 1.54) is 4.90 Å². The van der Waals surface area contributed by atoms with Crippen LogP contribution >= 0.6 is 27.7 Å². The fourth-order valence-corrected chi connectivity index (χ4v) is 1.94. The highest BCUT2D eigenvalue weighted by Crippen LogP contribution is 2.22. The number of aromatic amines is 1. The summed E-state index contributed by atoms with van der Waals surface area (Å²) >= 11 is 5.03. The summed E-state index contributed by atoms with van der Waals surface area (Å²) in [5.74, 6) is 0. The zero-order chi connectivity index (χ0) is 9.97. The Labute approximate surface area is 95.3 Å². The lowest BCUT2D eigenvalue weighted by Gasteiger charge is -1.98. The molecule has 0 saturated heterocycles. The number of nitrogens with zero attached hydrogens (tertiary/aromatic N) is 1. The molecule has 1 N–H and O–H groups in total. The molecule has 4 heteroatoms. The van der Waals surface area contributed by atoms with Crippen LogP contribution in [0.1, 0.15) is 0 Å². The van der Waals surface area contributed by atoms with E-state index in [2.05, 4.69) is 56.4 Å². The minimum absolute atomic E-state index is 0.765. The van der Waals surface area contributed by atoms with Crippen molar-refractivity contribution in [2.45, 2.75) is 4.90 Å². The van der Waals surface area contributed by atoms with E-state index >= 15 is 0 Å². The number of hydrogen-bond donors (Lipinski definition) is 1. The van der Waals surface area contributed by atoms with Crippen LogP contribution in [-0.4, -0.2) is 16.2 Å². The van der Waals surface area contributed by atoms with Crippen molar-refractivity contribution in [1.29, 1.82) is 0 Å². The first-order valence-electron chi connectivity index (χ1n) is 4.14. The Morgan fingerprint density at radius 1 is 1.29 bits per heavy atom. The van der Waals surface area contributed by atoms with Gasteiger partial charge in [0.1, 0.15) is 0 Å². The number of thioether (sulfide) groups is 1. The van der Waals surface area contributed by atoms with Crippen LogP contribution in [0.2, 0.25) is 0 Å². The summed E-state index contributed by atoms with van der Waals surface area (Å²) in [6.07, 6.45) is 3.89. The average Bonchev–Trinajstić information content (AvgIpc) is 2.65. The normalized spacial score (nSPS) is 10.4. The van der Waals surface area contributed by atoms with Crippen LogP contribution in [-0.2, 0) is 0 Å². The predicted octanol–water partition coefficient (Wildman–Crippen LogP) is 3.56. The van der Waals surface area contributed by atoms with Gasteiger partial charge in [0.25, 0.3) is 0 Å². The van der Waals surface area contributed by atoms with Crippen molar-refractivity contribution in [2.75, 3.05) is 6.26 Å². The number of nitrogens with one attached hydrogen (secondary N) is 1. The number of H-pyrrole nitrogens is 1. The molecule has 0 aliphatic heterocycles. The summed E-state index contributed by atoms with van der Waals surface area (Å²) in [6.45, 7) is 0. The van der Waals surface area contributed by atoms with E-state index in [4.69, 9.17) is 0 Å². The van der Waals surface area contributed by atoms with E-state index in [0.717, 1.165) is 16.0 Å². The summed E-state index contributed by atoms with van der Waals surface area (Å²) in [6, 6.07) is 8.39. The van der Waals surface area contributed by atoms with Crippen molar-refractivity contribution < 1.29 is 0 Å². The lowest BCUT2D eigenvalue weighted by Crippen LogP contribution is -1.77. The molecular formula is C10H9BrN2S. The highest BCUT2D eigenvalue weighted by molar-refractivity contribution is 9.10. The van der Waals surface area contributed by atoms with Crippen LogP contribution in [0, 0.1) is 0 Å². The molecule has 0 aliphatic rings. The third-order valence-corrected chi connectivity index (χ3v) is 3.09. The summed E-state index contributed by atoms with van der Waals surface area (Å²) in [5, 5.41) is 0. The quantitative estimate of drug-likeness (QED) is 0.844. The van der Waals surface area contributed by atoms with Crippen molar-refractivity contribution in [3.8, 4) is 11.3 Å². The molecule has 0 aliphatic carbocycles. The molecule has 14 heavy (non-hydrogen) atoms. The number of halogens is 1. The van der Waals surface area contributed by atoms with E-state index in [-0.39, 0.29) is 0 Å². The molecule has 0 radical (unpaired) electrons. The van der Waals surface area contributed by atoms with Crippen molar-refractivity contribution in [3.63, 3.8) is 0 Å². The van der Waals surface area contributed by atoms with Crippen LogP contribution in [0.3, 0.4) is 0 Å². The highest BCUT2D eigenvalue weighted by Gasteiger charge is 2.00. The van der Waals surface area contributed by atoms with Gasteiger partial charge in [0.15, 0.2) is 4.73 Å². The first kappa shape index (κ1) is 9.80. The minimum atomic E-state index is 0.765. The molecule has 0 spiro atoms. The van der Waals surface area contributed by atoms with E-state index in [0.29, 0.717) is 0 Å². The van der Waals surface area contributed by atoms with Gasteiger partial charge in [0, 0.05) is 4.90 Å². The fraction of sp³-hybridized carbons (Fsp3) is 0.100. The van der Waals surface area contributed by atoms with Crippen LogP contribution in [0.5, 0.6) is 0 Å². The maximum atomic E-state index is 4.09. The van der Waals surface area contributed by atoms with Gasteiger partial charge in [-0.15, -0.1) is 11.8 Å². The second kappa shape index (κ2) is 4.19. The molecule has 0 fully saturated rings. The van der Waals surface area contributed by atoms with Gasteiger partial charge in [-0.2, -0.15) is 0 Å². The molecule has 2 nitrogen and oxygen atoms in total. The third-order valence-electron chi connectivity index (χ3n) is 1.95. The van der Waals surface area contributed by atoms with Crippen LogP contribution in [0.25, 0.3) is 11.3 Å². The topological polar surface area (TPSA) is 28.7 Å². The minimum Gasteiger partial charge on any atom is -0.333 e. The zero-order valence-electron chi connectivity index (χ0n) is 7.62. The standard InChI is InChI=1S/C10H9BrN2S/c1-14-8-4-2-7(3-5-8)9-6-12-10(11)13-9/h2-6H,1H3,(H,12,13). The zero-order valence-corrected chi connectivity index (χ0v) is 10.0. The number of hydrogen-bond acceptors (Lipinski definition) is 2. The Morgan fingerprint density at radius 3 is 2.50 bits per heavy atom. The Balaban J connectivity index is 2.33. The van der Waals surface area contributed by atoms with Gasteiger partial charge in [-0.1, -0.05) is 12.1 Å². The molecule has 0 saturated carbocycles. The molecule has 1 heterocycles. The maximum absolute atomic E-state index is 4.09. The van der Waals surface area contributed by atoms with Crippen LogP contribution < -0.4 is 0 Å². The van der Waals surface area contributed by atoms with E-state index in [9.17, 15) is 0 Å². The predicted molar refractivity (Wildman–Crippen MR) is 63.5 cm³/mol. The second-order valence-corrected chi connectivity index (χ2v) is 4.45. The van der Waals surface area contributed by atoms with Crippen molar-refractivity contribution in [3.05, 3.63) is 35.2 Å². The van der Waals surface area contributed by atoms with Crippen LogP contribution in [0.4, 0.5) is 0 Å². The molecule has 0 bridgehead atoms. The van der Waals surface area contributed by atoms with Crippen LogP contribution in [0.15, 0.2) is 40.1 Å². The summed E-state index contributed by atoms with van der Waals surface area (Å²) in [4.78, 5) is 8.49. The Hall–Kier alpha value is -0.740. The van der Waals surface area contributed by atoms with Gasteiger partial charge in [-0.25, -0.2) is 4.98 Å². The number of rotatable bonds is 2. The second-order valence-electron chi connectivity index (χ2n) is 2.82. The van der Waals surface area contributed by atoms with E-state index in [1.54, 1.807) is 11.8 Å². The number of benzene rings is 1. The smallest absolute Gasteiger partial charge is 0.174 e. The lowest BCUT2D eigenvalue weighted by molar-refractivity contribution is 1.24. The summed E-state index contributed by atoms with van der Waals surface area (Å²) < 4.78 is 0.765. The Bertz CT molecular complexity index is 422. The third kappa shape index (κ3) is 2.01. The average molecular weight is 269 g/mol. The Kier molecular flexibility index (Phi) is 2.93. The fourth-order valence-electron chi connectivity index (χ4n) is 1.21. The molecule has 1 aromatic carbocycles. The van der Waals surface area contributed by atoms with Crippen molar-refractivity contribution >= 4 is 27.7 Å². The van der Waals surface area contributed by atoms with E-state index < -0.39 is 0 Å².